The smallest absolute Gasteiger partial charge is 0.308 e. The number of carbonyl (C=O) groups is 3. The highest BCUT2D eigenvalue weighted by atomic mass is 16.6. The number of fused-ring (bicyclic) bond motifs is 3. The summed E-state index contributed by atoms with van der Waals surface area (Å²) in [7, 11) is 0. The average Bonchev–Trinajstić information content (AvgIpc) is 3.41. The van der Waals surface area contributed by atoms with Gasteiger partial charge in [-0.25, -0.2) is 0 Å². The second kappa shape index (κ2) is 6.89. The van der Waals surface area contributed by atoms with Crippen LogP contribution in [-0.4, -0.2) is 46.7 Å². The van der Waals surface area contributed by atoms with Crippen LogP contribution in [0.3, 0.4) is 0 Å². The van der Waals surface area contributed by atoms with Crippen molar-refractivity contribution in [2.24, 2.45) is 28.6 Å². The van der Waals surface area contributed by atoms with E-state index in [1.165, 1.54) is 13.8 Å². The molecule has 0 amide bonds. The lowest BCUT2D eigenvalue weighted by Gasteiger charge is -2.54. The van der Waals surface area contributed by atoms with Gasteiger partial charge in [-0.15, -0.1) is 0 Å². The third kappa shape index (κ3) is 2.72. The Kier molecular flexibility index (Phi) is 4.70. The first-order valence-electron chi connectivity index (χ1n) is 11.8. The highest BCUT2D eigenvalue weighted by Gasteiger charge is 2.81. The minimum Gasteiger partial charge on any atom is -0.458 e. The van der Waals surface area contributed by atoms with Gasteiger partial charge in [-0.3, -0.25) is 14.4 Å². The van der Waals surface area contributed by atoms with Crippen LogP contribution in [0.2, 0.25) is 0 Å². The number of ether oxygens (including phenoxy) is 3. The standard InChI is InChI=1S/C26H32O7/c1-14-10-20-19-7-6-17-11-18(32-16(3)28)8-9-23(17,4)26(19)22(33-26)12-24(20,5)25(14,30)21(29)13-31-15(2)27/h6,8-9,11,14,19-20,22,30H,7,10,12-13H2,1-5H3/t14-,19?,20?,22+,23+,24+,25+,26-/m1/s1. The normalized spacial score (nSPS) is 46.6. The largest absolute Gasteiger partial charge is 0.458 e. The number of esters is 2. The SMILES string of the molecule is CC(=O)OCC(=O)[C@@]1(O)[C@H](C)CC2C3CC=C4C=C(OC(C)=O)C=C[C@]4(C)[C@@]34O[C@H]4C[C@@]21C. The Balaban J connectivity index is 1.50. The third-order valence-corrected chi connectivity index (χ3v) is 9.39. The predicted molar refractivity (Wildman–Crippen MR) is 117 cm³/mol. The average molecular weight is 457 g/mol. The molecule has 7 nitrogen and oxygen atoms in total. The Morgan fingerprint density at radius 2 is 1.91 bits per heavy atom. The molecule has 1 heterocycles. The summed E-state index contributed by atoms with van der Waals surface area (Å²) in [5.74, 6) is -0.808. The first-order chi connectivity index (χ1) is 15.4. The molecule has 2 unspecified atom stereocenters. The molecule has 5 rings (SSSR count). The van der Waals surface area contributed by atoms with Crippen molar-refractivity contribution in [2.45, 2.75) is 71.2 Å². The zero-order chi connectivity index (χ0) is 24.0. The Bertz CT molecular complexity index is 1040. The molecule has 5 aliphatic rings. The Hall–Kier alpha value is -2.25. The molecule has 7 heteroatoms. The first kappa shape index (κ1) is 22.5. The lowest BCUT2D eigenvalue weighted by atomic mass is 9.48. The summed E-state index contributed by atoms with van der Waals surface area (Å²) >= 11 is 0. The summed E-state index contributed by atoms with van der Waals surface area (Å²) < 4.78 is 16.8. The molecule has 1 spiro atoms. The number of Topliss-reactive ketones (excluding diaryl/α,β-unsaturated/α-hetero) is 1. The zero-order valence-electron chi connectivity index (χ0n) is 19.8. The molecular weight excluding hydrogens is 424 g/mol. The van der Waals surface area contributed by atoms with Crippen LogP contribution >= 0.6 is 0 Å². The van der Waals surface area contributed by atoms with Crippen LogP contribution in [-0.2, 0) is 28.6 Å². The topological polar surface area (TPSA) is 102 Å². The van der Waals surface area contributed by atoms with Crippen LogP contribution in [0.15, 0.2) is 35.6 Å². The molecule has 8 atom stereocenters. The molecule has 0 bridgehead atoms. The maximum absolute atomic E-state index is 13.2. The van der Waals surface area contributed by atoms with Gasteiger partial charge in [0.15, 0.2) is 6.61 Å². The van der Waals surface area contributed by atoms with Crippen molar-refractivity contribution >= 4 is 17.7 Å². The molecule has 4 aliphatic carbocycles. The number of hydrogen-bond acceptors (Lipinski definition) is 7. The van der Waals surface area contributed by atoms with Gasteiger partial charge in [0, 0.05) is 24.7 Å². The van der Waals surface area contributed by atoms with Crippen molar-refractivity contribution < 1.29 is 33.7 Å². The number of carbonyl (C=O) groups excluding carboxylic acids is 3. The van der Waals surface area contributed by atoms with Gasteiger partial charge in [0.05, 0.1) is 6.10 Å². The van der Waals surface area contributed by atoms with Gasteiger partial charge in [0.2, 0.25) is 5.78 Å². The monoisotopic (exact) mass is 456 g/mol. The summed E-state index contributed by atoms with van der Waals surface area (Å²) in [6.45, 7) is 8.35. The molecule has 0 aromatic heterocycles. The predicted octanol–water partition coefficient (Wildman–Crippen LogP) is 3.02. The van der Waals surface area contributed by atoms with Crippen LogP contribution in [0, 0.1) is 28.6 Å². The van der Waals surface area contributed by atoms with E-state index < -0.39 is 35.0 Å². The zero-order valence-corrected chi connectivity index (χ0v) is 19.8. The van der Waals surface area contributed by atoms with E-state index in [2.05, 4.69) is 19.1 Å². The molecule has 1 aliphatic heterocycles. The number of rotatable bonds is 4. The van der Waals surface area contributed by atoms with E-state index in [1.54, 1.807) is 0 Å². The minimum atomic E-state index is -1.57. The van der Waals surface area contributed by atoms with Gasteiger partial charge in [0.25, 0.3) is 0 Å². The van der Waals surface area contributed by atoms with Crippen LogP contribution < -0.4 is 0 Å². The molecule has 2 saturated carbocycles. The lowest BCUT2D eigenvalue weighted by molar-refractivity contribution is -0.170. The van der Waals surface area contributed by atoms with Gasteiger partial charge < -0.3 is 19.3 Å². The minimum absolute atomic E-state index is 0.0828. The molecule has 1 N–H and O–H groups in total. The molecule has 3 fully saturated rings. The van der Waals surface area contributed by atoms with Crippen molar-refractivity contribution in [3.05, 3.63) is 35.6 Å². The number of ketones is 1. The maximum atomic E-state index is 13.2. The van der Waals surface area contributed by atoms with Gasteiger partial charge in [-0.2, -0.15) is 0 Å². The van der Waals surface area contributed by atoms with Crippen molar-refractivity contribution in [1.29, 1.82) is 0 Å². The molecule has 0 aromatic carbocycles. The van der Waals surface area contributed by atoms with E-state index in [0.29, 0.717) is 18.6 Å². The molecule has 33 heavy (non-hydrogen) atoms. The second-order valence-electron chi connectivity index (χ2n) is 10.9. The highest BCUT2D eigenvalue weighted by molar-refractivity contribution is 5.91. The lowest BCUT2D eigenvalue weighted by Crippen LogP contribution is -2.62. The van der Waals surface area contributed by atoms with E-state index in [9.17, 15) is 19.5 Å². The van der Waals surface area contributed by atoms with E-state index in [4.69, 9.17) is 14.2 Å². The van der Waals surface area contributed by atoms with Gasteiger partial charge >= 0.3 is 11.9 Å². The van der Waals surface area contributed by atoms with Crippen molar-refractivity contribution in [2.75, 3.05) is 6.61 Å². The molecular formula is C26H32O7. The molecule has 178 valence electrons. The second-order valence-corrected chi connectivity index (χ2v) is 10.9. The van der Waals surface area contributed by atoms with E-state index in [1.807, 2.05) is 26.0 Å². The van der Waals surface area contributed by atoms with Crippen LogP contribution in [0.4, 0.5) is 0 Å². The van der Waals surface area contributed by atoms with Gasteiger partial charge in [0.1, 0.15) is 17.0 Å². The fourth-order valence-corrected chi connectivity index (χ4v) is 7.84. The summed E-state index contributed by atoms with van der Waals surface area (Å²) in [6, 6.07) is 0. The Morgan fingerprint density at radius 1 is 1.18 bits per heavy atom. The van der Waals surface area contributed by atoms with Crippen molar-refractivity contribution in [1.82, 2.24) is 0 Å². The van der Waals surface area contributed by atoms with Crippen LogP contribution in [0.1, 0.15) is 53.9 Å². The number of aliphatic hydroxyl groups is 1. The quantitative estimate of drug-likeness (QED) is 0.512. The van der Waals surface area contributed by atoms with E-state index >= 15 is 0 Å². The number of allylic oxidation sites excluding steroid dienone is 3. The van der Waals surface area contributed by atoms with Crippen molar-refractivity contribution in [3.8, 4) is 0 Å². The van der Waals surface area contributed by atoms with Gasteiger partial charge in [-0.1, -0.05) is 26.0 Å². The number of epoxide rings is 1. The van der Waals surface area contributed by atoms with Gasteiger partial charge in [-0.05, 0) is 61.7 Å². The fraction of sp³-hybridized carbons (Fsp3) is 0.654. The summed E-state index contributed by atoms with van der Waals surface area (Å²) in [5.41, 5.74) is -1.94. The Labute approximate surface area is 193 Å². The summed E-state index contributed by atoms with van der Waals surface area (Å²) in [4.78, 5) is 35.9. The summed E-state index contributed by atoms with van der Waals surface area (Å²) in [5, 5.41) is 11.9. The van der Waals surface area contributed by atoms with E-state index in [-0.39, 0.29) is 35.2 Å². The first-order valence-corrected chi connectivity index (χ1v) is 11.8. The molecule has 0 radical (unpaired) electrons. The number of hydrogen-bond donors (Lipinski definition) is 1. The van der Waals surface area contributed by atoms with Crippen LogP contribution in [0.25, 0.3) is 0 Å². The molecule has 1 saturated heterocycles. The van der Waals surface area contributed by atoms with Crippen LogP contribution in [0.5, 0.6) is 0 Å². The van der Waals surface area contributed by atoms with E-state index in [0.717, 1.165) is 12.0 Å². The fourth-order valence-electron chi connectivity index (χ4n) is 7.84. The third-order valence-electron chi connectivity index (χ3n) is 9.39. The Morgan fingerprint density at radius 3 is 2.58 bits per heavy atom. The molecule has 0 aromatic rings. The highest BCUT2D eigenvalue weighted by Crippen LogP contribution is 2.75. The summed E-state index contributed by atoms with van der Waals surface area (Å²) in [6.07, 6.45) is 9.99. The maximum Gasteiger partial charge on any atom is 0.308 e. The van der Waals surface area contributed by atoms with Crippen molar-refractivity contribution in [3.63, 3.8) is 0 Å².